The number of aromatic nitrogens is 1. The fraction of sp³-hybridized carbons (Fsp3) is 0.353. The number of hydrogen-bond donors (Lipinski definition) is 0. The Kier molecular flexibility index (Phi) is 5.19. The van der Waals surface area contributed by atoms with Crippen LogP contribution in [0.2, 0.25) is 0 Å². The van der Waals surface area contributed by atoms with Gasteiger partial charge in [-0.05, 0) is 35.7 Å². The second-order valence-electron chi connectivity index (χ2n) is 5.57. The van der Waals surface area contributed by atoms with Gasteiger partial charge in [0.05, 0.1) is 12.9 Å². The molecule has 0 aliphatic rings. The largest absolute Gasteiger partial charge is 0.497 e. The van der Waals surface area contributed by atoms with E-state index in [-0.39, 0.29) is 22.6 Å². The number of pyridine rings is 1. The van der Waals surface area contributed by atoms with E-state index in [2.05, 4.69) is 4.98 Å². The molecule has 0 saturated heterocycles. The average molecular weight is 319 g/mol. The SMILES string of the molecule is COc1ccc([C@@H](CS(=O)(=O)c2ccccn2)C(C)C)cc1. The fourth-order valence-electron chi connectivity index (χ4n) is 2.38. The molecule has 118 valence electrons. The second-order valence-corrected chi connectivity index (χ2v) is 7.55. The van der Waals surface area contributed by atoms with Crippen LogP contribution in [0.15, 0.2) is 53.7 Å². The number of rotatable bonds is 6. The van der Waals surface area contributed by atoms with Gasteiger partial charge in [-0.15, -0.1) is 0 Å². The van der Waals surface area contributed by atoms with Crippen LogP contribution in [0.5, 0.6) is 5.75 Å². The Hall–Kier alpha value is -1.88. The van der Waals surface area contributed by atoms with Crippen LogP contribution in [0.4, 0.5) is 0 Å². The van der Waals surface area contributed by atoms with Gasteiger partial charge in [0, 0.05) is 12.1 Å². The zero-order chi connectivity index (χ0) is 16.2. The molecule has 1 aromatic carbocycles. The molecule has 0 N–H and O–H groups in total. The molecule has 0 spiro atoms. The summed E-state index contributed by atoms with van der Waals surface area (Å²) in [4.78, 5) is 3.98. The van der Waals surface area contributed by atoms with Crippen LogP contribution in [-0.4, -0.2) is 26.3 Å². The van der Waals surface area contributed by atoms with Gasteiger partial charge in [-0.25, -0.2) is 13.4 Å². The van der Waals surface area contributed by atoms with Crippen molar-refractivity contribution < 1.29 is 13.2 Å². The first-order chi connectivity index (χ1) is 10.4. The van der Waals surface area contributed by atoms with Crippen molar-refractivity contribution in [3.05, 3.63) is 54.2 Å². The van der Waals surface area contributed by atoms with Crippen molar-refractivity contribution in [2.75, 3.05) is 12.9 Å². The second kappa shape index (κ2) is 6.92. The first-order valence-electron chi connectivity index (χ1n) is 7.22. The highest BCUT2D eigenvalue weighted by Crippen LogP contribution is 2.29. The number of nitrogens with zero attached hydrogens (tertiary/aromatic N) is 1. The molecule has 0 fully saturated rings. The lowest BCUT2D eigenvalue weighted by atomic mass is 9.90. The molecule has 0 amide bonds. The number of ether oxygens (including phenoxy) is 1. The molecule has 1 aromatic heterocycles. The summed E-state index contributed by atoms with van der Waals surface area (Å²) in [6.45, 7) is 4.06. The summed E-state index contributed by atoms with van der Waals surface area (Å²) >= 11 is 0. The molecule has 2 aromatic rings. The highest BCUT2D eigenvalue weighted by Gasteiger charge is 2.25. The van der Waals surface area contributed by atoms with Crippen molar-refractivity contribution in [1.82, 2.24) is 4.98 Å². The Morgan fingerprint density at radius 2 is 1.77 bits per heavy atom. The van der Waals surface area contributed by atoms with E-state index in [0.29, 0.717) is 0 Å². The molecule has 22 heavy (non-hydrogen) atoms. The number of hydrogen-bond acceptors (Lipinski definition) is 4. The van der Waals surface area contributed by atoms with Crippen molar-refractivity contribution in [3.8, 4) is 5.75 Å². The third-order valence-corrected chi connectivity index (χ3v) is 5.38. The minimum Gasteiger partial charge on any atom is -0.497 e. The molecule has 0 aliphatic carbocycles. The molecular weight excluding hydrogens is 298 g/mol. The van der Waals surface area contributed by atoms with Crippen molar-refractivity contribution in [2.45, 2.75) is 24.8 Å². The molecular formula is C17H21NO3S. The quantitative estimate of drug-likeness (QED) is 0.820. The van der Waals surface area contributed by atoms with Gasteiger partial charge in [-0.1, -0.05) is 32.0 Å². The number of methoxy groups -OCH3 is 1. The van der Waals surface area contributed by atoms with Crippen molar-refractivity contribution >= 4 is 9.84 Å². The van der Waals surface area contributed by atoms with E-state index in [0.717, 1.165) is 11.3 Å². The summed E-state index contributed by atoms with van der Waals surface area (Å²) in [6.07, 6.45) is 1.50. The first kappa shape index (κ1) is 16.5. The lowest BCUT2D eigenvalue weighted by Gasteiger charge is -2.21. The summed E-state index contributed by atoms with van der Waals surface area (Å²) in [5, 5.41) is 0.133. The maximum Gasteiger partial charge on any atom is 0.196 e. The zero-order valence-corrected chi connectivity index (χ0v) is 13.9. The predicted octanol–water partition coefficient (Wildman–Crippen LogP) is 3.30. The van der Waals surface area contributed by atoms with E-state index in [4.69, 9.17) is 4.74 Å². The average Bonchev–Trinajstić information content (AvgIpc) is 2.53. The van der Waals surface area contributed by atoms with Gasteiger partial charge in [-0.3, -0.25) is 0 Å². The standard InChI is InChI=1S/C17H21NO3S/c1-13(2)16(14-7-9-15(21-3)10-8-14)12-22(19,20)17-6-4-5-11-18-17/h4-11,13,16H,12H2,1-3H3/t16-/m0/s1. The van der Waals surface area contributed by atoms with Crippen LogP contribution in [0, 0.1) is 5.92 Å². The van der Waals surface area contributed by atoms with E-state index >= 15 is 0 Å². The first-order valence-corrected chi connectivity index (χ1v) is 8.87. The van der Waals surface area contributed by atoms with Gasteiger partial charge < -0.3 is 4.74 Å². The lowest BCUT2D eigenvalue weighted by Crippen LogP contribution is -2.20. The van der Waals surface area contributed by atoms with Crippen molar-refractivity contribution in [3.63, 3.8) is 0 Å². The Morgan fingerprint density at radius 3 is 2.27 bits per heavy atom. The van der Waals surface area contributed by atoms with E-state index < -0.39 is 9.84 Å². The normalized spacial score (nSPS) is 13.1. The summed E-state index contributed by atoms with van der Waals surface area (Å²) in [5.74, 6) is 0.928. The zero-order valence-electron chi connectivity index (χ0n) is 13.1. The highest BCUT2D eigenvalue weighted by molar-refractivity contribution is 7.91. The summed E-state index contributed by atoms with van der Waals surface area (Å²) in [5.41, 5.74) is 0.996. The van der Waals surface area contributed by atoms with Gasteiger partial charge >= 0.3 is 0 Å². The minimum absolute atomic E-state index is 0.0496. The molecule has 4 nitrogen and oxygen atoms in total. The minimum atomic E-state index is -3.41. The van der Waals surface area contributed by atoms with E-state index in [1.807, 2.05) is 38.1 Å². The number of sulfone groups is 1. The maximum absolute atomic E-state index is 12.6. The molecule has 0 saturated carbocycles. The summed E-state index contributed by atoms with van der Waals surface area (Å²) in [6, 6.07) is 12.5. The van der Waals surface area contributed by atoms with Gasteiger partial charge in [-0.2, -0.15) is 0 Å². The fourth-order valence-corrected chi connectivity index (χ4v) is 4.11. The van der Waals surface area contributed by atoms with Crippen LogP contribution in [0.3, 0.4) is 0 Å². The van der Waals surface area contributed by atoms with Gasteiger partial charge in [0.15, 0.2) is 14.9 Å². The van der Waals surface area contributed by atoms with Crippen LogP contribution in [0.25, 0.3) is 0 Å². The highest BCUT2D eigenvalue weighted by atomic mass is 32.2. The molecule has 1 atom stereocenters. The molecule has 0 aliphatic heterocycles. The topological polar surface area (TPSA) is 56.3 Å². The maximum atomic E-state index is 12.6. The molecule has 0 bridgehead atoms. The molecule has 5 heteroatoms. The van der Waals surface area contributed by atoms with Crippen LogP contribution >= 0.6 is 0 Å². The Balaban J connectivity index is 2.29. The Bertz CT molecular complexity index is 694. The Labute approximate surface area is 132 Å². The van der Waals surface area contributed by atoms with Gasteiger partial charge in [0.1, 0.15) is 5.75 Å². The van der Waals surface area contributed by atoms with Crippen molar-refractivity contribution in [2.24, 2.45) is 5.92 Å². The van der Waals surface area contributed by atoms with Crippen molar-refractivity contribution in [1.29, 1.82) is 0 Å². The predicted molar refractivity (Wildman–Crippen MR) is 86.9 cm³/mol. The third-order valence-electron chi connectivity index (χ3n) is 3.70. The van der Waals surface area contributed by atoms with Crippen LogP contribution in [0.1, 0.15) is 25.3 Å². The van der Waals surface area contributed by atoms with Crippen LogP contribution in [-0.2, 0) is 9.84 Å². The van der Waals surface area contributed by atoms with E-state index in [9.17, 15) is 8.42 Å². The van der Waals surface area contributed by atoms with Gasteiger partial charge in [0.25, 0.3) is 0 Å². The molecule has 0 radical (unpaired) electrons. The van der Waals surface area contributed by atoms with Crippen LogP contribution < -0.4 is 4.74 Å². The van der Waals surface area contributed by atoms with E-state index in [1.54, 1.807) is 25.3 Å². The number of benzene rings is 1. The lowest BCUT2D eigenvalue weighted by molar-refractivity contribution is 0.414. The molecule has 1 heterocycles. The summed E-state index contributed by atoms with van der Waals surface area (Å²) < 4.78 is 30.3. The Morgan fingerprint density at radius 1 is 1.09 bits per heavy atom. The summed E-state index contributed by atoms with van der Waals surface area (Å²) in [7, 11) is -1.80. The third kappa shape index (κ3) is 3.85. The van der Waals surface area contributed by atoms with Gasteiger partial charge in [0.2, 0.25) is 0 Å². The monoisotopic (exact) mass is 319 g/mol. The smallest absolute Gasteiger partial charge is 0.196 e. The molecule has 0 unspecified atom stereocenters. The molecule has 2 rings (SSSR count). The van der Waals surface area contributed by atoms with E-state index in [1.165, 1.54) is 6.20 Å².